The monoisotopic (exact) mass is 207 g/mol. The van der Waals surface area contributed by atoms with Crippen molar-refractivity contribution >= 4 is 15.9 Å². The normalized spacial score (nSPS) is 10.4. The Morgan fingerprint density at radius 2 is 2.20 bits per heavy atom. The van der Waals surface area contributed by atoms with Crippen LogP contribution < -0.4 is 0 Å². The van der Waals surface area contributed by atoms with Gasteiger partial charge in [-0.3, -0.25) is 4.98 Å². The van der Waals surface area contributed by atoms with Gasteiger partial charge in [-0.05, 0) is 6.07 Å². The lowest BCUT2D eigenvalue weighted by Gasteiger charge is -1.99. The molecule has 0 atom stereocenters. The maximum Gasteiger partial charge on any atom is 0.266 e. The van der Waals surface area contributed by atoms with Gasteiger partial charge in [-0.15, -0.1) is 0 Å². The van der Waals surface area contributed by atoms with Crippen molar-refractivity contribution in [1.82, 2.24) is 4.98 Å². The molecule has 0 unspecified atom stereocenters. The Balaban J connectivity index is 3.03. The average Bonchev–Trinajstić information content (AvgIpc) is 1.88. The fourth-order valence-electron chi connectivity index (χ4n) is 0.550. The number of halogens is 3. The predicted molar refractivity (Wildman–Crippen MR) is 36.9 cm³/mol. The second-order valence-electron chi connectivity index (χ2n) is 1.70. The lowest BCUT2D eigenvalue weighted by molar-refractivity contribution is 0.150. The molecular weight excluding hydrogens is 204 g/mol. The minimum Gasteiger partial charge on any atom is -0.264 e. The first-order valence-corrected chi connectivity index (χ1v) is 3.38. The van der Waals surface area contributed by atoms with Gasteiger partial charge >= 0.3 is 0 Å². The first-order chi connectivity index (χ1) is 4.72. The highest BCUT2D eigenvalue weighted by Crippen LogP contribution is 2.25. The van der Waals surface area contributed by atoms with Gasteiger partial charge in [0.15, 0.2) is 0 Å². The number of nitrogens with zero attached hydrogens (tertiary/aromatic N) is 1. The molecule has 54 valence electrons. The summed E-state index contributed by atoms with van der Waals surface area (Å²) in [6, 6.07) is 1.49. The Bertz CT molecular complexity index is 227. The van der Waals surface area contributed by atoms with Gasteiger partial charge in [0.05, 0.1) is 5.56 Å². The van der Waals surface area contributed by atoms with E-state index in [1.807, 2.05) is 0 Å². The van der Waals surface area contributed by atoms with Crippen LogP contribution in [0.15, 0.2) is 22.9 Å². The molecule has 0 bridgehead atoms. The smallest absolute Gasteiger partial charge is 0.264 e. The van der Waals surface area contributed by atoms with Gasteiger partial charge in [-0.1, -0.05) is 15.9 Å². The van der Waals surface area contributed by atoms with Crippen LogP contribution in [-0.2, 0) is 0 Å². The van der Waals surface area contributed by atoms with Crippen molar-refractivity contribution in [2.24, 2.45) is 0 Å². The first kappa shape index (κ1) is 7.60. The third-order valence-electron chi connectivity index (χ3n) is 1.03. The van der Waals surface area contributed by atoms with Gasteiger partial charge in [0.1, 0.15) is 0 Å². The quantitative estimate of drug-likeness (QED) is 0.691. The summed E-state index contributed by atoms with van der Waals surface area (Å²) in [4.78, 5) is 3.56. The number of pyridine rings is 1. The van der Waals surface area contributed by atoms with Crippen LogP contribution in [0.2, 0.25) is 0 Å². The highest BCUT2D eigenvalue weighted by atomic mass is 79.9. The van der Waals surface area contributed by atoms with Gasteiger partial charge in [-0.2, -0.15) is 0 Å². The molecule has 0 aromatic carbocycles. The van der Waals surface area contributed by atoms with Crippen LogP contribution in [0, 0.1) is 0 Å². The van der Waals surface area contributed by atoms with E-state index in [0.717, 1.165) is 6.20 Å². The van der Waals surface area contributed by atoms with Crippen molar-refractivity contribution < 1.29 is 8.78 Å². The molecule has 0 amide bonds. The van der Waals surface area contributed by atoms with Crippen molar-refractivity contribution in [2.45, 2.75) is 6.43 Å². The Morgan fingerprint density at radius 3 is 2.60 bits per heavy atom. The van der Waals surface area contributed by atoms with Crippen molar-refractivity contribution in [3.8, 4) is 0 Å². The van der Waals surface area contributed by atoms with Crippen LogP contribution in [0.3, 0.4) is 0 Å². The molecule has 1 nitrogen and oxygen atoms in total. The Labute approximate surface area is 65.2 Å². The summed E-state index contributed by atoms with van der Waals surface area (Å²) in [6.07, 6.45) is 0.146. The summed E-state index contributed by atoms with van der Waals surface area (Å²) < 4.78 is 24.3. The lowest BCUT2D eigenvalue weighted by Crippen LogP contribution is -1.86. The molecule has 1 heterocycles. The lowest BCUT2D eigenvalue weighted by atomic mass is 10.3. The van der Waals surface area contributed by atoms with Crippen LogP contribution in [0.4, 0.5) is 8.78 Å². The summed E-state index contributed by atoms with van der Waals surface area (Å²) in [5.41, 5.74) is -0.0671. The minimum atomic E-state index is -2.46. The molecule has 0 radical (unpaired) electrons. The molecule has 10 heavy (non-hydrogen) atoms. The van der Waals surface area contributed by atoms with Gasteiger partial charge in [0.25, 0.3) is 6.43 Å². The zero-order valence-corrected chi connectivity index (χ0v) is 6.48. The van der Waals surface area contributed by atoms with Crippen LogP contribution in [-0.4, -0.2) is 4.98 Å². The molecule has 0 fully saturated rings. The van der Waals surface area contributed by atoms with Crippen molar-refractivity contribution in [3.63, 3.8) is 0 Å². The average molecular weight is 208 g/mol. The number of rotatable bonds is 1. The summed E-state index contributed by atoms with van der Waals surface area (Å²) in [6.45, 7) is 0. The predicted octanol–water partition coefficient (Wildman–Crippen LogP) is 2.78. The largest absolute Gasteiger partial charge is 0.266 e. The van der Waals surface area contributed by atoms with Crippen molar-refractivity contribution in [1.29, 1.82) is 0 Å². The second-order valence-corrected chi connectivity index (χ2v) is 2.55. The van der Waals surface area contributed by atoms with Crippen LogP contribution in [0.1, 0.15) is 12.0 Å². The SMILES string of the molecule is FC(F)c1cnccc1Br. The second kappa shape index (κ2) is 3.05. The van der Waals surface area contributed by atoms with Gasteiger partial charge < -0.3 is 0 Å². The highest BCUT2D eigenvalue weighted by Gasteiger charge is 2.09. The molecule has 0 aliphatic rings. The topological polar surface area (TPSA) is 12.9 Å². The fraction of sp³-hybridized carbons (Fsp3) is 0.167. The first-order valence-electron chi connectivity index (χ1n) is 2.59. The van der Waals surface area contributed by atoms with Gasteiger partial charge in [0.2, 0.25) is 0 Å². The zero-order chi connectivity index (χ0) is 7.56. The van der Waals surface area contributed by atoms with Gasteiger partial charge in [-0.25, -0.2) is 8.78 Å². The summed E-state index contributed by atoms with van der Waals surface area (Å²) in [5, 5.41) is 0. The molecule has 0 aliphatic carbocycles. The molecule has 1 rings (SSSR count). The van der Waals surface area contributed by atoms with E-state index in [0.29, 0.717) is 4.47 Å². The molecule has 1 aromatic rings. The van der Waals surface area contributed by atoms with E-state index in [1.165, 1.54) is 12.3 Å². The van der Waals surface area contributed by atoms with E-state index in [1.54, 1.807) is 0 Å². The Hall–Kier alpha value is -0.510. The summed E-state index contributed by atoms with van der Waals surface area (Å²) >= 11 is 2.98. The highest BCUT2D eigenvalue weighted by molar-refractivity contribution is 9.10. The number of hydrogen-bond donors (Lipinski definition) is 0. The number of hydrogen-bond acceptors (Lipinski definition) is 1. The Morgan fingerprint density at radius 1 is 1.50 bits per heavy atom. The molecule has 0 spiro atoms. The molecule has 1 aromatic heterocycles. The number of aromatic nitrogens is 1. The summed E-state index contributed by atoms with van der Waals surface area (Å²) in [5.74, 6) is 0. The third kappa shape index (κ3) is 1.50. The molecular formula is C6H4BrF2N. The van der Waals surface area contributed by atoms with Gasteiger partial charge in [0, 0.05) is 16.9 Å². The van der Waals surface area contributed by atoms with Crippen LogP contribution in [0.5, 0.6) is 0 Å². The maximum atomic E-state index is 12.0. The van der Waals surface area contributed by atoms with Crippen molar-refractivity contribution in [2.75, 3.05) is 0 Å². The van der Waals surface area contributed by atoms with Crippen LogP contribution in [0.25, 0.3) is 0 Å². The fourth-order valence-corrected chi connectivity index (χ4v) is 0.944. The molecule has 4 heteroatoms. The van der Waals surface area contributed by atoms with Crippen LogP contribution >= 0.6 is 15.9 Å². The molecule has 0 saturated heterocycles. The minimum absolute atomic E-state index is 0.0671. The van der Waals surface area contributed by atoms with E-state index >= 15 is 0 Å². The summed E-state index contributed by atoms with van der Waals surface area (Å²) in [7, 11) is 0. The molecule has 0 N–H and O–H groups in total. The van der Waals surface area contributed by atoms with E-state index in [2.05, 4.69) is 20.9 Å². The third-order valence-corrected chi connectivity index (χ3v) is 1.75. The maximum absolute atomic E-state index is 12.0. The van der Waals surface area contributed by atoms with E-state index < -0.39 is 6.43 Å². The molecule has 0 aliphatic heterocycles. The van der Waals surface area contributed by atoms with E-state index in [9.17, 15) is 8.78 Å². The zero-order valence-electron chi connectivity index (χ0n) is 4.89. The molecule has 0 saturated carbocycles. The number of alkyl halides is 2. The van der Waals surface area contributed by atoms with Crippen molar-refractivity contribution in [3.05, 3.63) is 28.5 Å². The Kier molecular flexibility index (Phi) is 2.32. The van der Waals surface area contributed by atoms with E-state index in [-0.39, 0.29) is 5.56 Å². The standard InChI is InChI=1S/C6H4BrF2N/c7-5-1-2-10-3-4(5)6(8)9/h1-3,6H. The van der Waals surface area contributed by atoms with E-state index in [4.69, 9.17) is 0 Å².